The molecule has 0 aliphatic carbocycles. The Morgan fingerprint density at radius 3 is 2.14 bits per heavy atom. The molecule has 0 bridgehead atoms. The lowest BCUT2D eigenvalue weighted by Crippen LogP contribution is -2.39. The lowest BCUT2D eigenvalue weighted by Gasteiger charge is -2.32. The quantitative estimate of drug-likeness (QED) is 0.712. The first kappa shape index (κ1) is 13.2. The summed E-state index contributed by atoms with van der Waals surface area (Å²) in [6.45, 7) is 7.04. The summed E-state index contributed by atoms with van der Waals surface area (Å²) in [5, 5.41) is 9.64. The molecule has 0 aliphatic heterocycles. The van der Waals surface area contributed by atoms with Crippen molar-refractivity contribution in [3.05, 3.63) is 0 Å². The van der Waals surface area contributed by atoms with Crippen molar-refractivity contribution in [1.82, 2.24) is 0 Å². The maximum atomic E-state index is 10.9. The number of hydrogen-bond acceptors (Lipinski definition) is 4. The van der Waals surface area contributed by atoms with E-state index in [9.17, 15) is 9.90 Å². The van der Waals surface area contributed by atoms with Gasteiger partial charge in [0.2, 0.25) is 0 Å². The predicted octanol–water partition coefficient (Wildman–Crippen LogP) is 2.10. The molecule has 0 rings (SSSR count). The van der Waals surface area contributed by atoms with Crippen LogP contribution >= 0.6 is 0 Å². The standard InChI is InChI=1S/C10H20O4/c1-6-10(4,7-9(2,3)12)14-8(11)13-5/h12H,6-7H2,1-5H3. The van der Waals surface area contributed by atoms with Gasteiger partial charge in [0.25, 0.3) is 0 Å². The van der Waals surface area contributed by atoms with Gasteiger partial charge in [-0.2, -0.15) is 0 Å². The molecule has 0 spiro atoms. The lowest BCUT2D eigenvalue weighted by molar-refractivity contribution is -0.0665. The number of hydrogen-bond donors (Lipinski definition) is 1. The molecule has 0 amide bonds. The zero-order valence-corrected chi connectivity index (χ0v) is 9.59. The fraction of sp³-hybridized carbons (Fsp3) is 0.900. The Kier molecular flexibility index (Phi) is 4.39. The van der Waals surface area contributed by atoms with Crippen LogP contribution in [0.25, 0.3) is 0 Å². The van der Waals surface area contributed by atoms with E-state index in [0.29, 0.717) is 12.8 Å². The zero-order chi connectivity index (χ0) is 11.4. The van der Waals surface area contributed by atoms with Crippen LogP contribution in [0.3, 0.4) is 0 Å². The Morgan fingerprint density at radius 1 is 1.36 bits per heavy atom. The van der Waals surface area contributed by atoms with E-state index in [0.717, 1.165) is 0 Å². The molecule has 0 aromatic heterocycles. The van der Waals surface area contributed by atoms with Crippen molar-refractivity contribution in [2.75, 3.05) is 7.11 Å². The maximum Gasteiger partial charge on any atom is 0.508 e. The topological polar surface area (TPSA) is 55.8 Å². The Labute approximate surface area is 85.2 Å². The molecule has 1 atom stereocenters. The van der Waals surface area contributed by atoms with Gasteiger partial charge >= 0.3 is 6.16 Å². The van der Waals surface area contributed by atoms with Crippen molar-refractivity contribution < 1.29 is 19.4 Å². The van der Waals surface area contributed by atoms with Crippen LogP contribution in [0.5, 0.6) is 0 Å². The second-order valence-electron chi connectivity index (χ2n) is 4.35. The van der Waals surface area contributed by atoms with Crippen molar-refractivity contribution in [2.24, 2.45) is 0 Å². The fourth-order valence-electron chi connectivity index (χ4n) is 1.39. The molecule has 0 radical (unpaired) electrons. The number of rotatable bonds is 4. The van der Waals surface area contributed by atoms with E-state index in [2.05, 4.69) is 4.74 Å². The monoisotopic (exact) mass is 204 g/mol. The van der Waals surface area contributed by atoms with Crippen molar-refractivity contribution in [3.8, 4) is 0 Å². The van der Waals surface area contributed by atoms with Gasteiger partial charge in [0.1, 0.15) is 5.60 Å². The molecule has 4 nitrogen and oxygen atoms in total. The molecule has 0 saturated heterocycles. The average molecular weight is 204 g/mol. The third-order valence-corrected chi connectivity index (χ3v) is 2.05. The Bertz CT molecular complexity index is 195. The van der Waals surface area contributed by atoms with E-state index in [1.807, 2.05) is 6.92 Å². The lowest BCUT2D eigenvalue weighted by atomic mass is 9.89. The van der Waals surface area contributed by atoms with E-state index in [1.165, 1.54) is 7.11 Å². The van der Waals surface area contributed by atoms with Gasteiger partial charge in [0.05, 0.1) is 12.7 Å². The van der Waals surface area contributed by atoms with Crippen LogP contribution in [0.15, 0.2) is 0 Å². The molecule has 14 heavy (non-hydrogen) atoms. The highest BCUT2D eigenvalue weighted by atomic mass is 16.7. The minimum Gasteiger partial charge on any atom is -0.438 e. The SMILES string of the molecule is CCC(C)(CC(C)(C)O)OC(=O)OC. The molecule has 0 heterocycles. The number of carbonyl (C=O) groups is 1. The number of carbonyl (C=O) groups excluding carboxylic acids is 1. The van der Waals surface area contributed by atoms with Gasteiger partial charge in [-0.1, -0.05) is 6.92 Å². The van der Waals surface area contributed by atoms with E-state index in [1.54, 1.807) is 20.8 Å². The van der Waals surface area contributed by atoms with Gasteiger partial charge < -0.3 is 14.6 Å². The molecule has 0 saturated carbocycles. The van der Waals surface area contributed by atoms with Gasteiger partial charge in [-0.05, 0) is 27.2 Å². The third kappa shape index (κ3) is 5.07. The molecular weight excluding hydrogens is 184 g/mol. The van der Waals surface area contributed by atoms with E-state index in [4.69, 9.17) is 4.74 Å². The summed E-state index contributed by atoms with van der Waals surface area (Å²) in [7, 11) is 1.27. The fourth-order valence-corrected chi connectivity index (χ4v) is 1.39. The first-order valence-corrected chi connectivity index (χ1v) is 4.72. The molecule has 4 heteroatoms. The summed E-state index contributed by atoms with van der Waals surface area (Å²) in [5.74, 6) is 0. The molecule has 0 aromatic rings. The number of aliphatic hydroxyl groups is 1. The van der Waals surface area contributed by atoms with Crippen LogP contribution in [0, 0.1) is 0 Å². The molecular formula is C10H20O4. The number of ether oxygens (including phenoxy) is 2. The summed E-state index contributed by atoms with van der Waals surface area (Å²) in [6.07, 6.45) is 0.302. The minimum atomic E-state index is -0.862. The highest BCUT2D eigenvalue weighted by Gasteiger charge is 2.33. The van der Waals surface area contributed by atoms with Crippen molar-refractivity contribution in [2.45, 2.75) is 51.7 Å². The summed E-state index contributed by atoms with van der Waals surface area (Å²) in [5.41, 5.74) is -1.54. The van der Waals surface area contributed by atoms with Crippen LogP contribution in [-0.2, 0) is 9.47 Å². The summed E-state index contributed by atoms with van der Waals surface area (Å²) in [4.78, 5) is 10.9. The molecule has 84 valence electrons. The minimum absolute atomic E-state index is 0.381. The van der Waals surface area contributed by atoms with Crippen molar-refractivity contribution in [1.29, 1.82) is 0 Å². The molecule has 0 aromatic carbocycles. The summed E-state index contributed by atoms with van der Waals surface area (Å²) < 4.78 is 9.51. The van der Waals surface area contributed by atoms with E-state index >= 15 is 0 Å². The predicted molar refractivity (Wildman–Crippen MR) is 53.1 cm³/mol. The van der Waals surface area contributed by atoms with E-state index in [-0.39, 0.29) is 0 Å². The second-order valence-corrected chi connectivity index (χ2v) is 4.35. The summed E-state index contributed by atoms with van der Waals surface area (Å²) >= 11 is 0. The van der Waals surface area contributed by atoms with Crippen molar-refractivity contribution >= 4 is 6.16 Å². The first-order valence-electron chi connectivity index (χ1n) is 4.72. The molecule has 1 N–H and O–H groups in total. The van der Waals surface area contributed by atoms with E-state index < -0.39 is 17.4 Å². The Balaban J connectivity index is 4.40. The molecule has 1 unspecified atom stereocenters. The summed E-state index contributed by atoms with van der Waals surface area (Å²) in [6, 6.07) is 0. The number of methoxy groups -OCH3 is 1. The van der Waals surface area contributed by atoms with Gasteiger partial charge in [-0.25, -0.2) is 4.79 Å². The van der Waals surface area contributed by atoms with Crippen LogP contribution in [0.1, 0.15) is 40.5 Å². The van der Waals surface area contributed by atoms with Gasteiger partial charge in [0.15, 0.2) is 0 Å². The van der Waals surface area contributed by atoms with Gasteiger partial charge in [-0.15, -0.1) is 0 Å². The highest BCUT2D eigenvalue weighted by molar-refractivity contribution is 5.60. The Hall–Kier alpha value is -0.770. The second kappa shape index (κ2) is 4.64. The van der Waals surface area contributed by atoms with Gasteiger partial charge in [0, 0.05) is 6.42 Å². The van der Waals surface area contributed by atoms with Crippen molar-refractivity contribution in [3.63, 3.8) is 0 Å². The zero-order valence-electron chi connectivity index (χ0n) is 9.59. The third-order valence-electron chi connectivity index (χ3n) is 2.05. The highest BCUT2D eigenvalue weighted by Crippen LogP contribution is 2.27. The molecule has 0 fully saturated rings. The maximum absolute atomic E-state index is 10.9. The first-order chi connectivity index (χ1) is 6.22. The largest absolute Gasteiger partial charge is 0.508 e. The van der Waals surface area contributed by atoms with Crippen LogP contribution in [-0.4, -0.2) is 29.6 Å². The normalized spacial score (nSPS) is 15.9. The molecule has 0 aliphatic rings. The van der Waals surface area contributed by atoms with Crippen LogP contribution in [0.2, 0.25) is 0 Å². The smallest absolute Gasteiger partial charge is 0.438 e. The van der Waals surface area contributed by atoms with Crippen LogP contribution in [0.4, 0.5) is 4.79 Å². The van der Waals surface area contributed by atoms with Gasteiger partial charge in [-0.3, -0.25) is 0 Å². The van der Waals surface area contributed by atoms with Crippen LogP contribution < -0.4 is 0 Å². The Morgan fingerprint density at radius 2 is 1.86 bits per heavy atom. The average Bonchev–Trinajstić information content (AvgIpc) is 2.00.